The van der Waals surface area contributed by atoms with E-state index in [1.165, 1.54) is 5.56 Å². The van der Waals surface area contributed by atoms with Crippen LogP contribution in [0.2, 0.25) is 5.02 Å². The Labute approximate surface area is 159 Å². The van der Waals surface area contributed by atoms with Crippen molar-refractivity contribution in [3.8, 4) is 0 Å². The Morgan fingerprint density at radius 1 is 1.19 bits per heavy atom. The summed E-state index contributed by atoms with van der Waals surface area (Å²) in [5.41, 5.74) is 2.60. The van der Waals surface area contributed by atoms with Crippen molar-refractivity contribution in [3.63, 3.8) is 0 Å². The molecular weight excluding hydrogens is 348 g/mol. The molecule has 1 heterocycles. The van der Waals surface area contributed by atoms with Gasteiger partial charge in [-0.2, -0.15) is 0 Å². The lowest BCUT2D eigenvalue weighted by molar-refractivity contribution is -0.121. The molecule has 0 spiro atoms. The van der Waals surface area contributed by atoms with Gasteiger partial charge in [0.05, 0.1) is 5.92 Å². The van der Waals surface area contributed by atoms with Crippen LogP contribution in [0, 0.1) is 5.92 Å². The molecule has 1 aliphatic heterocycles. The highest BCUT2D eigenvalue weighted by Gasteiger charge is 2.29. The predicted octanol–water partition coefficient (Wildman–Crippen LogP) is 4.39. The zero-order valence-corrected chi connectivity index (χ0v) is 15.6. The third-order valence-corrected chi connectivity index (χ3v) is 5.02. The van der Waals surface area contributed by atoms with E-state index in [1.54, 1.807) is 29.2 Å². The van der Waals surface area contributed by atoms with Gasteiger partial charge in [-0.15, -0.1) is 0 Å². The molecule has 0 aliphatic carbocycles. The van der Waals surface area contributed by atoms with Gasteiger partial charge in [0.25, 0.3) is 5.91 Å². The normalized spacial score (nSPS) is 17.0. The van der Waals surface area contributed by atoms with E-state index in [-0.39, 0.29) is 17.7 Å². The summed E-state index contributed by atoms with van der Waals surface area (Å²) in [6, 6.07) is 14.8. The van der Waals surface area contributed by atoms with Crippen molar-refractivity contribution >= 4 is 29.1 Å². The van der Waals surface area contributed by atoms with Gasteiger partial charge in [-0.3, -0.25) is 9.59 Å². The molecule has 1 fully saturated rings. The van der Waals surface area contributed by atoms with E-state index < -0.39 is 0 Å². The number of hydrogen-bond donors (Lipinski definition) is 1. The maximum Gasteiger partial charge on any atom is 0.253 e. The Morgan fingerprint density at radius 2 is 1.96 bits per heavy atom. The highest BCUT2D eigenvalue weighted by molar-refractivity contribution is 6.30. The van der Waals surface area contributed by atoms with Crippen LogP contribution in [0.3, 0.4) is 0 Å². The lowest BCUT2D eigenvalue weighted by Gasteiger charge is -2.32. The third-order valence-electron chi connectivity index (χ3n) is 4.78. The highest BCUT2D eigenvalue weighted by Crippen LogP contribution is 2.22. The zero-order valence-electron chi connectivity index (χ0n) is 14.9. The van der Waals surface area contributed by atoms with E-state index in [4.69, 9.17) is 11.6 Å². The van der Waals surface area contributed by atoms with Gasteiger partial charge in [-0.25, -0.2) is 0 Å². The molecular formula is C21H23ClN2O2. The molecule has 5 heteroatoms. The highest BCUT2D eigenvalue weighted by atomic mass is 35.5. The first-order valence-electron chi connectivity index (χ1n) is 9.01. The van der Waals surface area contributed by atoms with Crippen molar-refractivity contribution in [1.82, 2.24) is 4.90 Å². The summed E-state index contributed by atoms with van der Waals surface area (Å²) in [4.78, 5) is 27.0. The Morgan fingerprint density at radius 3 is 2.65 bits per heavy atom. The molecule has 0 unspecified atom stereocenters. The largest absolute Gasteiger partial charge is 0.338 e. The average molecular weight is 371 g/mol. The zero-order chi connectivity index (χ0) is 18.5. The molecule has 4 nitrogen and oxygen atoms in total. The number of carbonyl (C=O) groups excluding carboxylic acids is 2. The van der Waals surface area contributed by atoms with Gasteiger partial charge in [-0.05, 0) is 55.2 Å². The lowest BCUT2D eigenvalue weighted by atomic mass is 9.96. The third kappa shape index (κ3) is 4.44. The molecule has 3 rings (SSSR count). The number of nitrogens with zero attached hydrogens (tertiary/aromatic N) is 1. The molecule has 2 aromatic rings. The molecule has 0 aromatic heterocycles. The lowest BCUT2D eigenvalue weighted by Crippen LogP contribution is -2.43. The summed E-state index contributed by atoms with van der Waals surface area (Å²) in [6.45, 7) is 3.20. The molecule has 0 radical (unpaired) electrons. The quantitative estimate of drug-likeness (QED) is 0.867. The van der Waals surface area contributed by atoms with Crippen LogP contribution < -0.4 is 5.32 Å². The SMILES string of the molecule is CCc1ccc(NC(=O)[C@@H]2CCCN(C(=O)c3cccc(Cl)c3)C2)cc1. The maximum atomic E-state index is 12.7. The minimum Gasteiger partial charge on any atom is -0.338 e. The van der Waals surface area contributed by atoms with Crippen molar-refractivity contribution in [1.29, 1.82) is 0 Å². The van der Waals surface area contributed by atoms with E-state index in [2.05, 4.69) is 12.2 Å². The van der Waals surface area contributed by atoms with Gasteiger partial charge in [-0.1, -0.05) is 36.7 Å². The molecule has 1 atom stereocenters. The Kier molecular flexibility index (Phi) is 5.94. The van der Waals surface area contributed by atoms with Gasteiger partial charge in [0.15, 0.2) is 0 Å². The number of amides is 2. The van der Waals surface area contributed by atoms with Crippen LogP contribution in [0.4, 0.5) is 5.69 Å². The van der Waals surface area contributed by atoms with E-state index in [0.717, 1.165) is 24.9 Å². The number of carbonyl (C=O) groups is 2. The van der Waals surface area contributed by atoms with Crippen molar-refractivity contribution in [2.45, 2.75) is 26.2 Å². The number of aryl methyl sites for hydroxylation is 1. The summed E-state index contributed by atoms with van der Waals surface area (Å²) in [6.07, 6.45) is 2.58. The molecule has 1 N–H and O–H groups in total. The molecule has 136 valence electrons. The van der Waals surface area contributed by atoms with E-state index in [1.807, 2.05) is 24.3 Å². The fourth-order valence-electron chi connectivity index (χ4n) is 3.25. The predicted molar refractivity (Wildman–Crippen MR) is 105 cm³/mol. The van der Waals surface area contributed by atoms with Crippen molar-refractivity contribution in [2.24, 2.45) is 5.92 Å². The van der Waals surface area contributed by atoms with Crippen LogP contribution >= 0.6 is 11.6 Å². The summed E-state index contributed by atoms with van der Waals surface area (Å²) in [5, 5.41) is 3.51. The second kappa shape index (κ2) is 8.37. The van der Waals surface area contributed by atoms with Crippen LogP contribution in [-0.2, 0) is 11.2 Å². The van der Waals surface area contributed by atoms with Crippen molar-refractivity contribution < 1.29 is 9.59 Å². The van der Waals surface area contributed by atoms with Gasteiger partial charge >= 0.3 is 0 Å². The number of likely N-dealkylation sites (tertiary alicyclic amines) is 1. The van der Waals surface area contributed by atoms with Gasteiger partial charge in [0.1, 0.15) is 0 Å². The Bertz CT molecular complexity index is 789. The standard InChI is InChI=1S/C21H23ClN2O2/c1-2-15-8-10-19(11-9-15)23-20(25)17-6-4-12-24(14-17)21(26)16-5-3-7-18(22)13-16/h3,5,7-11,13,17H,2,4,6,12,14H2,1H3,(H,23,25)/t17-/m1/s1. The first-order valence-corrected chi connectivity index (χ1v) is 9.39. The van der Waals surface area contributed by atoms with E-state index in [0.29, 0.717) is 23.7 Å². The van der Waals surface area contributed by atoms with Gasteiger partial charge < -0.3 is 10.2 Å². The number of halogens is 1. The van der Waals surface area contributed by atoms with Crippen LogP contribution in [0.15, 0.2) is 48.5 Å². The first-order chi connectivity index (χ1) is 12.6. The first kappa shape index (κ1) is 18.5. The summed E-state index contributed by atoms with van der Waals surface area (Å²) in [7, 11) is 0. The molecule has 2 aromatic carbocycles. The van der Waals surface area contributed by atoms with E-state index >= 15 is 0 Å². The summed E-state index contributed by atoms with van der Waals surface area (Å²) in [5.74, 6) is -0.298. The summed E-state index contributed by atoms with van der Waals surface area (Å²) >= 11 is 5.98. The fraction of sp³-hybridized carbons (Fsp3) is 0.333. The number of nitrogens with one attached hydrogen (secondary N) is 1. The molecule has 26 heavy (non-hydrogen) atoms. The van der Waals surface area contributed by atoms with Crippen molar-refractivity contribution in [3.05, 3.63) is 64.7 Å². The van der Waals surface area contributed by atoms with Crippen LogP contribution in [-0.4, -0.2) is 29.8 Å². The summed E-state index contributed by atoms with van der Waals surface area (Å²) < 4.78 is 0. The second-order valence-electron chi connectivity index (χ2n) is 6.64. The molecule has 1 aliphatic rings. The molecule has 0 bridgehead atoms. The smallest absolute Gasteiger partial charge is 0.253 e. The van der Waals surface area contributed by atoms with Crippen LogP contribution in [0.5, 0.6) is 0 Å². The number of benzene rings is 2. The average Bonchev–Trinajstić information content (AvgIpc) is 2.68. The monoisotopic (exact) mass is 370 g/mol. The number of anilines is 1. The van der Waals surface area contributed by atoms with Crippen molar-refractivity contribution in [2.75, 3.05) is 18.4 Å². The van der Waals surface area contributed by atoms with Crippen LogP contribution in [0.1, 0.15) is 35.7 Å². The number of hydrogen-bond acceptors (Lipinski definition) is 2. The Hall–Kier alpha value is -2.33. The molecule has 2 amide bonds. The fourth-order valence-corrected chi connectivity index (χ4v) is 3.44. The molecule has 0 saturated carbocycles. The minimum absolute atomic E-state index is 0.0298. The Balaban J connectivity index is 1.63. The topological polar surface area (TPSA) is 49.4 Å². The maximum absolute atomic E-state index is 12.7. The number of rotatable bonds is 4. The number of piperidine rings is 1. The van der Waals surface area contributed by atoms with E-state index in [9.17, 15) is 9.59 Å². The minimum atomic E-state index is -0.197. The van der Waals surface area contributed by atoms with Gasteiger partial charge in [0.2, 0.25) is 5.91 Å². The van der Waals surface area contributed by atoms with Crippen LogP contribution in [0.25, 0.3) is 0 Å². The van der Waals surface area contributed by atoms with Gasteiger partial charge in [0, 0.05) is 29.4 Å². The molecule has 1 saturated heterocycles. The second-order valence-corrected chi connectivity index (χ2v) is 7.08.